The Kier molecular flexibility index (Phi) is 6.22. The molecule has 0 radical (unpaired) electrons. The van der Waals surface area contributed by atoms with Crippen LogP contribution in [0.3, 0.4) is 0 Å². The average molecular weight is 322 g/mol. The van der Waals surface area contributed by atoms with Crippen LogP contribution in [0.25, 0.3) is 0 Å². The van der Waals surface area contributed by atoms with Gasteiger partial charge in [0.25, 0.3) is 5.91 Å². The molecule has 2 unspecified atom stereocenters. The van der Waals surface area contributed by atoms with Crippen LogP contribution in [-0.2, 0) is 11.2 Å². The minimum Gasteiger partial charge on any atom is -0.435 e. The van der Waals surface area contributed by atoms with Gasteiger partial charge < -0.3 is 14.5 Å². The molecule has 130 valence electrons. The van der Waals surface area contributed by atoms with Crippen molar-refractivity contribution in [3.63, 3.8) is 0 Å². The molecule has 1 fully saturated rings. The first-order chi connectivity index (χ1) is 10.9. The molecule has 0 aromatic carbocycles. The molecular weight excluding hydrogens is 292 g/mol. The first kappa shape index (κ1) is 18.0. The highest BCUT2D eigenvalue weighted by Gasteiger charge is 2.29. The fourth-order valence-electron chi connectivity index (χ4n) is 3.22. The SMILES string of the molecule is Cc1nc(CC(C)C)oc1C(=O)NCC1CCCOC1C(C)C. The molecule has 1 aliphatic heterocycles. The molecule has 1 amide bonds. The lowest BCUT2D eigenvalue weighted by molar-refractivity contribution is -0.0510. The molecular formula is C18H30N2O3. The molecule has 1 aromatic rings. The molecule has 1 aromatic heterocycles. The molecule has 1 saturated heterocycles. The third-order valence-electron chi connectivity index (χ3n) is 4.31. The summed E-state index contributed by atoms with van der Waals surface area (Å²) in [7, 11) is 0. The molecule has 0 bridgehead atoms. The summed E-state index contributed by atoms with van der Waals surface area (Å²) in [6.07, 6.45) is 3.12. The summed E-state index contributed by atoms with van der Waals surface area (Å²) >= 11 is 0. The van der Waals surface area contributed by atoms with Crippen molar-refractivity contribution in [2.75, 3.05) is 13.2 Å². The number of hydrogen-bond donors (Lipinski definition) is 1. The summed E-state index contributed by atoms with van der Waals surface area (Å²) in [5.74, 6) is 2.10. The Balaban J connectivity index is 1.95. The molecule has 2 atom stereocenters. The van der Waals surface area contributed by atoms with Crippen molar-refractivity contribution in [3.05, 3.63) is 17.3 Å². The lowest BCUT2D eigenvalue weighted by Crippen LogP contribution is -2.41. The van der Waals surface area contributed by atoms with Crippen LogP contribution in [0.2, 0.25) is 0 Å². The van der Waals surface area contributed by atoms with E-state index >= 15 is 0 Å². The third-order valence-corrected chi connectivity index (χ3v) is 4.31. The molecule has 5 nitrogen and oxygen atoms in total. The van der Waals surface area contributed by atoms with Gasteiger partial charge in [-0.25, -0.2) is 4.98 Å². The smallest absolute Gasteiger partial charge is 0.289 e. The van der Waals surface area contributed by atoms with Crippen LogP contribution in [0.15, 0.2) is 4.42 Å². The van der Waals surface area contributed by atoms with Crippen LogP contribution >= 0.6 is 0 Å². The van der Waals surface area contributed by atoms with Crippen LogP contribution in [0, 0.1) is 24.7 Å². The number of carbonyl (C=O) groups excluding carboxylic acids is 1. The molecule has 2 rings (SSSR count). The van der Waals surface area contributed by atoms with Gasteiger partial charge in [-0.2, -0.15) is 0 Å². The van der Waals surface area contributed by atoms with Gasteiger partial charge in [0.05, 0.1) is 11.8 Å². The Morgan fingerprint density at radius 1 is 1.35 bits per heavy atom. The average Bonchev–Trinajstić information content (AvgIpc) is 2.84. The van der Waals surface area contributed by atoms with Crippen molar-refractivity contribution in [1.82, 2.24) is 10.3 Å². The Bertz CT molecular complexity index is 522. The van der Waals surface area contributed by atoms with E-state index in [0.29, 0.717) is 41.6 Å². The van der Waals surface area contributed by atoms with Crippen LogP contribution in [0.1, 0.15) is 62.7 Å². The molecule has 1 N–H and O–H groups in total. The maximum absolute atomic E-state index is 12.4. The van der Waals surface area contributed by atoms with Gasteiger partial charge in [0.1, 0.15) is 0 Å². The molecule has 0 aliphatic carbocycles. The Hall–Kier alpha value is -1.36. The predicted molar refractivity (Wildman–Crippen MR) is 89.4 cm³/mol. The number of carbonyl (C=O) groups is 1. The zero-order valence-corrected chi connectivity index (χ0v) is 15.0. The topological polar surface area (TPSA) is 64.4 Å². The first-order valence-corrected chi connectivity index (χ1v) is 8.74. The van der Waals surface area contributed by atoms with Gasteiger partial charge in [0.15, 0.2) is 5.89 Å². The van der Waals surface area contributed by atoms with E-state index < -0.39 is 0 Å². The van der Waals surface area contributed by atoms with Crippen molar-refractivity contribution < 1.29 is 13.9 Å². The lowest BCUT2D eigenvalue weighted by atomic mass is 9.87. The van der Waals surface area contributed by atoms with Gasteiger partial charge in [-0.05, 0) is 31.6 Å². The molecule has 0 spiro atoms. The van der Waals surface area contributed by atoms with Gasteiger partial charge in [0.2, 0.25) is 5.76 Å². The summed E-state index contributed by atoms with van der Waals surface area (Å²) in [6, 6.07) is 0. The first-order valence-electron chi connectivity index (χ1n) is 8.74. The summed E-state index contributed by atoms with van der Waals surface area (Å²) in [4.78, 5) is 16.8. The van der Waals surface area contributed by atoms with Gasteiger partial charge in [0, 0.05) is 25.5 Å². The van der Waals surface area contributed by atoms with Crippen LogP contribution in [0.5, 0.6) is 0 Å². The van der Waals surface area contributed by atoms with Gasteiger partial charge in [-0.15, -0.1) is 0 Å². The number of oxazole rings is 1. The van der Waals surface area contributed by atoms with Crippen LogP contribution in [-0.4, -0.2) is 30.1 Å². The summed E-state index contributed by atoms with van der Waals surface area (Å²) in [6.45, 7) is 11.8. The number of rotatable bonds is 6. The summed E-state index contributed by atoms with van der Waals surface area (Å²) in [5.41, 5.74) is 0.665. The number of amides is 1. The predicted octanol–water partition coefficient (Wildman–Crippen LogP) is 3.36. The zero-order valence-electron chi connectivity index (χ0n) is 15.0. The standard InChI is InChI=1S/C18H30N2O3/c1-11(2)9-15-20-13(5)17(23-15)18(21)19-10-14-7-6-8-22-16(14)12(3)4/h11-12,14,16H,6-10H2,1-5H3,(H,19,21). The number of nitrogens with one attached hydrogen (secondary N) is 1. The second-order valence-corrected chi connectivity index (χ2v) is 7.31. The largest absolute Gasteiger partial charge is 0.435 e. The van der Waals surface area contributed by atoms with E-state index in [9.17, 15) is 4.79 Å². The number of nitrogens with zero attached hydrogens (tertiary/aromatic N) is 1. The fourth-order valence-corrected chi connectivity index (χ4v) is 3.22. The van der Waals surface area contributed by atoms with E-state index in [-0.39, 0.29) is 12.0 Å². The lowest BCUT2D eigenvalue weighted by Gasteiger charge is -2.34. The second-order valence-electron chi connectivity index (χ2n) is 7.31. The zero-order chi connectivity index (χ0) is 17.0. The van der Waals surface area contributed by atoms with Gasteiger partial charge >= 0.3 is 0 Å². The summed E-state index contributed by atoms with van der Waals surface area (Å²) < 4.78 is 11.5. The van der Waals surface area contributed by atoms with Crippen molar-refractivity contribution in [1.29, 1.82) is 0 Å². The van der Waals surface area contributed by atoms with E-state index in [2.05, 4.69) is 38.0 Å². The minimum absolute atomic E-state index is 0.168. The Morgan fingerprint density at radius 3 is 2.74 bits per heavy atom. The Morgan fingerprint density at radius 2 is 2.09 bits per heavy atom. The van der Waals surface area contributed by atoms with Gasteiger partial charge in [-0.1, -0.05) is 27.7 Å². The number of hydrogen-bond acceptors (Lipinski definition) is 4. The third kappa shape index (κ3) is 4.80. The fraction of sp³-hybridized carbons (Fsp3) is 0.778. The van der Waals surface area contributed by atoms with E-state index in [0.717, 1.165) is 25.9 Å². The molecule has 5 heteroatoms. The monoisotopic (exact) mass is 322 g/mol. The molecule has 1 aliphatic rings. The van der Waals surface area contributed by atoms with Crippen molar-refractivity contribution in [3.8, 4) is 0 Å². The minimum atomic E-state index is -0.168. The molecule has 0 saturated carbocycles. The van der Waals surface area contributed by atoms with E-state index in [1.54, 1.807) is 0 Å². The van der Waals surface area contributed by atoms with E-state index in [1.165, 1.54) is 0 Å². The molecule has 2 heterocycles. The van der Waals surface area contributed by atoms with E-state index in [1.807, 2.05) is 6.92 Å². The van der Waals surface area contributed by atoms with Crippen LogP contribution < -0.4 is 5.32 Å². The van der Waals surface area contributed by atoms with Crippen molar-refractivity contribution >= 4 is 5.91 Å². The maximum atomic E-state index is 12.4. The second kappa shape index (κ2) is 7.95. The van der Waals surface area contributed by atoms with Crippen molar-refractivity contribution in [2.24, 2.45) is 17.8 Å². The molecule has 23 heavy (non-hydrogen) atoms. The summed E-state index contributed by atoms with van der Waals surface area (Å²) in [5, 5.41) is 3.01. The number of aryl methyl sites for hydroxylation is 1. The number of aromatic nitrogens is 1. The Labute approximate surface area is 139 Å². The highest BCUT2D eigenvalue weighted by molar-refractivity contribution is 5.92. The normalized spacial score (nSPS) is 21.9. The van der Waals surface area contributed by atoms with Gasteiger partial charge in [-0.3, -0.25) is 4.79 Å². The van der Waals surface area contributed by atoms with Crippen LogP contribution in [0.4, 0.5) is 0 Å². The highest BCUT2D eigenvalue weighted by Crippen LogP contribution is 2.26. The van der Waals surface area contributed by atoms with Crippen molar-refractivity contribution in [2.45, 2.75) is 60.0 Å². The maximum Gasteiger partial charge on any atom is 0.289 e. The number of ether oxygens (including phenoxy) is 1. The van der Waals surface area contributed by atoms with E-state index in [4.69, 9.17) is 9.15 Å². The highest BCUT2D eigenvalue weighted by atomic mass is 16.5. The quantitative estimate of drug-likeness (QED) is 0.872.